The fourth-order valence-electron chi connectivity index (χ4n) is 2.53. The van der Waals surface area contributed by atoms with Crippen molar-refractivity contribution in [1.29, 1.82) is 0 Å². The molecule has 1 atom stereocenters. The molecule has 0 bridgehead atoms. The third-order valence-electron chi connectivity index (χ3n) is 3.82. The first-order valence-corrected chi connectivity index (χ1v) is 9.34. The van der Waals surface area contributed by atoms with Crippen LogP contribution in [-0.2, 0) is 9.59 Å². The number of amides is 1. The van der Waals surface area contributed by atoms with Crippen LogP contribution in [0.1, 0.15) is 19.1 Å². The van der Waals surface area contributed by atoms with Gasteiger partial charge in [0, 0.05) is 16.7 Å². The number of hydrogen-bond donors (Lipinski definition) is 0. The Kier molecular flexibility index (Phi) is 5.50. The van der Waals surface area contributed by atoms with Gasteiger partial charge in [0.25, 0.3) is 5.91 Å². The standard InChI is InChI=1S/C18H14ClNO4S2/c1-2-13(17(22)23)20-16(21)15(26-18(20)25)9-12-7-8-14(24-12)10-3-5-11(19)6-4-10/h3-9,13H,2H2,1H3,(H,22,23)/p-1/b15-9+/t13-/m0/s1. The molecule has 1 fully saturated rings. The Morgan fingerprint density at radius 2 is 2.04 bits per heavy atom. The number of thioether (sulfide) groups is 1. The van der Waals surface area contributed by atoms with Gasteiger partial charge in [-0.2, -0.15) is 0 Å². The van der Waals surface area contributed by atoms with Crippen molar-refractivity contribution in [3.05, 3.63) is 52.1 Å². The zero-order chi connectivity index (χ0) is 18.8. The molecule has 26 heavy (non-hydrogen) atoms. The predicted molar refractivity (Wildman–Crippen MR) is 103 cm³/mol. The lowest BCUT2D eigenvalue weighted by Gasteiger charge is -2.26. The molecule has 1 saturated heterocycles. The average Bonchev–Trinajstić information content (AvgIpc) is 3.16. The monoisotopic (exact) mass is 406 g/mol. The number of halogens is 1. The molecule has 0 radical (unpaired) electrons. The molecule has 1 aromatic heterocycles. The van der Waals surface area contributed by atoms with E-state index in [-0.39, 0.29) is 10.7 Å². The first-order chi connectivity index (χ1) is 12.4. The van der Waals surface area contributed by atoms with E-state index in [0.29, 0.717) is 21.4 Å². The quantitative estimate of drug-likeness (QED) is 0.560. The summed E-state index contributed by atoms with van der Waals surface area (Å²) in [4.78, 5) is 25.2. The van der Waals surface area contributed by atoms with Crippen molar-refractivity contribution in [1.82, 2.24) is 4.90 Å². The number of thiocarbonyl (C=S) groups is 1. The molecule has 8 heteroatoms. The van der Waals surface area contributed by atoms with Crippen LogP contribution in [0.3, 0.4) is 0 Å². The molecule has 1 aliphatic rings. The first kappa shape index (κ1) is 18.7. The second-order valence-electron chi connectivity index (χ2n) is 5.50. The van der Waals surface area contributed by atoms with Crippen LogP contribution in [-0.4, -0.2) is 27.1 Å². The number of hydrogen-bond acceptors (Lipinski definition) is 6. The Hall–Kier alpha value is -2.09. The molecule has 1 aliphatic heterocycles. The molecule has 0 spiro atoms. The maximum atomic E-state index is 12.5. The third kappa shape index (κ3) is 3.70. The van der Waals surface area contributed by atoms with Crippen LogP contribution in [0.25, 0.3) is 17.4 Å². The SMILES string of the molecule is CC[C@@H](C(=O)[O-])N1C(=O)/C(=C\c2ccc(-c3ccc(Cl)cc3)o2)SC1=S. The van der Waals surface area contributed by atoms with Crippen molar-refractivity contribution >= 4 is 57.9 Å². The minimum atomic E-state index is -1.33. The Bertz CT molecular complexity index is 904. The highest BCUT2D eigenvalue weighted by atomic mass is 35.5. The highest BCUT2D eigenvalue weighted by Gasteiger charge is 2.37. The molecule has 2 heterocycles. The van der Waals surface area contributed by atoms with Crippen LogP contribution in [0, 0.1) is 0 Å². The van der Waals surface area contributed by atoms with Gasteiger partial charge in [-0.3, -0.25) is 9.69 Å². The molecule has 134 valence electrons. The molecule has 3 rings (SSSR count). The van der Waals surface area contributed by atoms with Crippen LogP contribution >= 0.6 is 35.6 Å². The van der Waals surface area contributed by atoms with E-state index in [1.807, 2.05) is 12.1 Å². The number of rotatable bonds is 5. The number of carbonyl (C=O) groups is 2. The van der Waals surface area contributed by atoms with Gasteiger partial charge in [0.05, 0.1) is 16.9 Å². The van der Waals surface area contributed by atoms with Crippen molar-refractivity contribution in [2.75, 3.05) is 0 Å². The Balaban J connectivity index is 1.85. The minimum absolute atomic E-state index is 0.196. The van der Waals surface area contributed by atoms with Gasteiger partial charge in [0.2, 0.25) is 0 Å². The van der Waals surface area contributed by atoms with Crippen molar-refractivity contribution in [2.24, 2.45) is 0 Å². The van der Waals surface area contributed by atoms with Crippen molar-refractivity contribution in [3.63, 3.8) is 0 Å². The molecule has 1 amide bonds. The highest BCUT2D eigenvalue weighted by Crippen LogP contribution is 2.35. The molecule has 5 nitrogen and oxygen atoms in total. The number of carbonyl (C=O) groups excluding carboxylic acids is 2. The summed E-state index contributed by atoms with van der Waals surface area (Å²) in [5.74, 6) is -0.685. The Morgan fingerprint density at radius 1 is 1.35 bits per heavy atom. The molecule has 2 aromatic rings. The van der Waals surface area contributed by atoms with E-state index in [1.165, 1.54) is 0 Å². The first-order valence-electron chi connectivity index (χ1n) is 7.74. The van der Waals surface area contributed by atoms with E-state index in [2.05, 4.69) is 0 Å². The molecular formula is C18H13ClNO4S2-. The van der Waals surface area contributed by atoms with Crippen LogP contribution < -0.4 is 5.11 Å². The number of aliphatic carboxylic acids is 1. The van der Waals surface area contributed by atoms with Gasteiger partial charge in [-0.15, -0.1) is 0 Å². The van der Waals surface area contributed by atoms with Crippen LogP contribution in [0.4, 0.5) is 0 Å². The van der Waals surface area contributed by atoms with Crippen molar-refractivity contribution in [2.45, 2.75) is 19.4 Å². The molecule has 1 aromatic carbocycles. The molecule has 0 saturated carbocycles. The number of furan rings is 1. The summed E-state index contributed by atoms with van der Waals surface area (Å²) in [6, 6.07) is 9.61. The molecule has 0 aliphatic carbocycles. The lowest BCUT2D eigenvalue weighted by molar-refractivity contribution is -0.310. The topological polar surface area (TPSA) is 73.6 Å². The summed E-state index contributed by atoms with van der Waals surface area (Å²) in [6.07, 6.45) is 1.77. The van der Waals surface area contributed by atoms with Gasteiger partial charge in [-0.05, 0) is 42.8 Å². The number of carboxylic acid groups (broad SMARTS) is 1. The minimum Gasteiger partial charge on any atom is -0.548 e. The van der Waals surface area contributed by atoms with E-state index < -0.39 is 17.9 Å². The van der Waals surface area contributed by atoms with Gasteiger partial charge >= 0.3 is 0 Å². The summed E-state index contributed by atoms with van der Waals surface area (Å²) >= 11 is 12.1. The van der Waals surface area contributed by atoms with Gasteiger partial charge in [-0.25, -0.2) is 0 Å². The summed E-state index contributed by atoms with van der Waals surface area (Å²) in [5, 5.41) is 11.9. The lowest BCUT2D eigenvalue weighted by atomic mass is 10.2. The smallest absolute Gasteiger partial charge is 0.266 e. The maximum absolute atomic E-state index is 12.5. The second-order valence-corrected chi connectivity index (χ2v) is 7.62. The van der Waals surface area contributed by atoms with Gasteiger partial charge in [0.15, 0.2) is 0 Å². The number of carboxylic acids is 1. The van der Waals surface area contributed by atoms with Gasteiger partial charge < -0.3 is 14.3 Å². The largest absolute Gasteiger partial charge is 0.548 e. The highest BCUT2D eigenvalue weighted by molar-refractivity contribution is 8.26. The normalized spacial score (nSPS) is 17.2. The summed E-state index contributed by atoms with van der Waals surface area (Å²) in [7, 11) is 0. The van der Waals surface area contributed by atoms with Crippen LogP contribution in [0.2, 0.25) is 5.02 Å². The zero-order valence-corrected chi connectivity index (χ0v) is 16.0. The van der Waals surface area contributed by atoms with Crippen molar-refractivity contribution in [3.8, 4) is 11.3 Å². The number of benzene rings is 1. The zero-order valence-electron chi connectivity index (χ0n) is 13.6. The maximum Gasteiger partial charge on any atom is 0.266 e. The van der Waals surface area contributed by atoms with Gasteiger partial charge in [-0.1, -0.05) is 42.5 Å². The summed E-state index contributed by atoms with van der Waals surface area (Å²) in [5.41, 5.74) is 0.851. The van der Waals surface area contributed by atoms with E-state index in [0.717, 1.165) is 22.2 Å². The van der Waals surface area contributed by atoms with E-state index in [4.69, 9.17) is 28.2 Å². The van der Waals surface area contributed by atoms with Crippen LogP contribution in [0.5, 0.6) is 0 Å². The van der Waals surface area contributed by atoms with E-state index in [1.54, 1.807) is 37.3 Å². The van der Waals surface area contributed by atoms with Gasteiger partial charge in [0.1, 0.15) is 15.8 Å². The molecular weight excluding hydrogens is 394 g/mol. The Morgan fingerprint density at radius 3 is 2.65 bits per heavy atom. The van der Waals surface area contributed by atoms with E-state index >= 15 is 0 Å². The number of nitrogens with zero attached hydrogens (tertiary/aromatic N) is 1. The summed E-state index contributed by atoms with van der Waals surface area (Å²) in [6.45, 7) is 1.66. The fourth-order valence-corrected chi connectivity index (χ4v) is 3.99. The second kappa shape index (κ2) is 7.65. The van der Waals surface area contributed by atoms with Crippen LogP contribution in [0.15, 0.2) is 45.7 Å². The predicted octanol–water partition coefficient (Wildman–Crippen LogP) is 3.33. The average molecular weight is 407 g/mol. The summed E-state index contributed by atoms with van der Waals surface area (Å²) < 4.78 is 5.95. The molecule has 0 unspecified atom stereocenters. The Labute approximate surface area is 164 Å². The fraction of sp³-hybridized carbons (Fsp3) is 0.167. The third-order valence-corrected chi connectivity index (χ3v) is 5.41. The van der Waals surface area contributed by atoms with E-state index in [9.17, 15) is 14.7 Å². The lowest BCUT2D eigenvalue weighted by Crippen LogP contribution is -2.49. The molecule has 0 N–H and O–H groups in total. The van der Waals surface area contributed by atoms with Crippen molar-refractivity contribution < 1.29 is 19.1 Å².